The van der Waals surface area contributed by atoms with Crippen molar-refractivity contribution in [2.45, 2.75) is 38.6 Å². The van der Waals surface area contributed by atoms with Crippen LogP contribution < -0.4 is 9.80 Å². The first-order valence-electron chi connectivity index (χ1n) is 11.9. The van der Waals surface area contributed by atoms with Crippen molar-refractivity contribution in [2.75, 3.05) is 29.4 Å². The van der Waals surface area contributed by atoms with E-state index in [-0.39, 0.29) is 0 Å². The molecule has 178 valence electrons. The lowest BCUT2D eigenvalue weighted by Gasteiger charge is -2.38. The second-order valence-electron chi connectivity index (χ2n) is 9.62. The van der Waals surface area contributed by atoms with Gasteiger partial charge in [-0.2, -0.15) is 15.2 Å². The van der Waals surface area contributed by atoms with Gasteiger partial charge in [-0.1, -0.05) is 11.6 Å². The molecule has 0 radical (unpaired) electrons. The SMILES string of the molecule is Fc1ccc(N2CCCCn3nc(CC4[C@@H]5CC[C@H]4CN(c4cnnc(Cl)c4)C5)nc32)cc1F. The number of piperidine rings is 1. The first-order valence-corrected chi connectivity index (χ1v) is 12.3. The zero-order valence-electron chi connectivity index (χ0n) is 18.7. The van der Waals surface area contributed by atoms with E-state index in [0.29, 0.717) is 35.1 Å². The molecule has 3 aliphatic rings. The quantitative estimate of drug-likeness (QED) is 0.536. The van der Waals surface area contributed by atoms with Gasteiger partial charge in [0.05, 0.1) is 11.9 Å². The van der Waals surface area contributed by atoms with Gasteiger partial charge in [-0.3, -0.25) is 0 Å². The number of halogens is 3. The summed E-state index contributed by atoms with van der Waals surface area (Å²) in [5.74, 6) is 1.54. The zero-order chi connectivity index (χ0) is 23.2. The van der Waals surface area contributed by atoms with Crippen molar-refractivity contribution in [2.24, 2.45) is 17.8 Å². The monoisotopic (exact) mass is 485 g/mol. The summed E-state index contributed by atoms with van der Waals surface area (Å²) in [4.78, 5) is 9.25. The predicted octanol–water partition coefficient (Wildman–Crippen LogP) is 4.64. The van der Waals surface area contributed by atoms with E-state index in [1.807, 2.05) is 15.6 Å². The molecule has 1 aromatic carbocycles. The van der Waals surface area contributed by atoms with Gasteiger partial charge in [-0.15, -0.1) is 5.10 Å². The van der Waals surface area contributed by atoms with E-state index in [4.69, 9.17) is 21.7 Å². The molecule has 3 aromatic rings. The largest absolute Gasteiger partial charge is 0.370 e. The maximum atomic E-state index is 13.9. The average Bonchev–Trinajstić information content (AvgIpc) is 3.23. The standard InChI is InChI=1S/C24H26ClF2N7/c25-22-10-18(12-28-30-22)32-13-15-3-4-16(14-32)19(15)11-23-29-24-33(7-1-2-8-34(24)31-23)17-5-6-20(26)21(27)9-17/h5-6,9-10,12,15-16,19H,1-4,7-8,11,13-14H2/t15-,16+,19?. The Morgan fingerprint density at radius 1 is 0.971 bits per heavy atom. The minimum absolute atomic E-state index is 0.418. The molecule has 1 saturated heterocycles. The number of aryl methyl sites for hydroxylation is 1. The molecule has 34 heavy (non-hydrogen) atoms. The Morgan fingerprint density at radius 2 is 1.76 bits per heavy atom. The lowest BCUT2D eigenvalue weighted by Crippen LogP contribution is -2.42. The second kappa shape index (κ2) is 8.76. The molecule has 10 heteroatoms. The third-order valence-electron chi connectivity index (χ3n) is 7.58. The van der Waals surface area contributed by atoms with Gasteiger partial charge in [0.15, 0.2) is 22.6 Å². The van der Waals surface area contributed by atoms with Crippen molar-refractivity contribution in [3.63, 3.8) is 0 Å². The Labute approximate surface area is 201 Å². The van der Waals surface area contributed by atoms with E-state index in [9.17, 15) is 8.78 Å². The van der Waals surface area contributed by atoms with Crippen LogP contribution in [-0.2, 0) is 13.0 Å². The molecule has 3 atom stereocenters. The molecule has 2 fully saturated rings. The molecule has 1 saturated carbocycles. The van der Waals surface area contributed by atoms with Crippen molar-refractivity contribution in [3.05, 3.63) is 53.1 Å². The summed E-state index contributed by atoms with van der Waals surface area (Å²) in [6.07, 6.45) is 6.94. The second-order valence-corrected chi connectivity index (χ2v) is 10.0. The first-order chi connectivity index (χ1) is 16.5. The summed E-state index contributed by atoms with van der Waals surface area (Å²) in [5.41, 5.74) is 1.64. The van der Waals surface area contributed by atoms with Gasteiger partial charge in [-0.05, 0) is 55.6 Å². The van der Waals surface area contributed by atoms with Crippen molar-refractivity contribution >= 4 is 28.9 Å². The van der Waals surface area contributed by atoms with Crippen molar-refractivity contribution < 1.29 is 8.78 Å². The summed E-state index contributed by atoms with van der Waals surface area (Å²) in [6, 6.07) is 5.91. The molecule has 0 amide bonds. The smallest absolute Gasteiger partial charge is 0.228 e. The molecular weight excluding hydrogens is 460 g/mol. The fourth-order valence-electron chi connectivity index (χ4n) is 5.94. The molecule has 4 heterocycles. The van der Waals surface area contributed by atoms with Gasteiger partial charge in [-0.25, -0.2) is 13.5 Å². The molecule has 0 spiro atoms. The lowest BCUT2D eigenvalue weighted by molar-refractivity contribution is 0.265. The van der Waals surface area contributed by atoms with Gasteiger partial charge >= 0.3 is 0 Å². The van der Waals surface area contributed by atoms with E-state index in [2.05, 4.69) is 15.1 Å². The topological polar surface area (TPSA) is 63.0 Å². The van der Waals surface area contributed by atoms with Crippen LogP contribution in [0.25, 0.3) is 0 Å². The van der Waals surface area contributed by atoms with Gasteiger partial charge in [0.25, 0.3) is 0 Å². The van der Waals surface area contributed by atoms with Crippen molar-refractivity contribution in [1.29, 1.82) is 0 Å². The Hall–Kier alpha value is -2.81. The number of hydrogen-bond donors (Lipinski definition) is 0. The first kappa shape index (κ1) is 21.7. The Morgan fingerprint density at radius 3 is 2.53 bits per heavy atom. The van der Waals surface area contributed by atoms with Crippen LogP contribution in [0, 0.1) is 29.4 Å². The molecule has 6 rings (SSSR count). The number of nitrogens with zero attached hydrogens (tertiary/aromatic N) is 7. The highest BCUT2D eigenvalue weighted by Gasteiger charge is 2.42. The Bertz CT molecular complexity index is 1190. The van der Waals surface area contributed by atoms with Crippen LogP contribution in [0.5, 0.6) is 0 Å². The fraction of sp³-hybridized carbons (Fsp3) is 0.500. The van der Waals surface area contributed by atoms with Gasteiger partial charge in [0.2, 0.25) is 5.95 Å². The maximum absolute atomic E-state index is 13.9. The zero-order valence-corrected chi connectivity index (χ0v) is 19.5. The highest BCUT2D eigenvalue weighted by molar-refractivity contribution is 6.29. The van der Waals surface area contributed by atoms with Crippen molar-refractivity contribution in [3.8, 4) is 0 Å². The van der Waals surface area contributed by atoms with E-state index in [1.54, 1.807) is 12.3 Å². The molecule has 0 N–H and O–H groups in total. The van der Waals surface area contributed by atoms with Crippen LogP contribution in [0.2, 0.25) is 5.15 Å². The third-order valence-corrected chi connectivity index (χ3v) is 7.76. The normalized spacial score (nSPS) is 24.3. The van der Waals surface area contributed by atoms with Crippen molar-refractivity contribution in [1.82, 2.24) is 25.0 Å². The third kappa shape index (κ3) is 4.00. The Balaban J connectivity index is 1.22. The predicted molar refractivity (Wildman–Crippen MR) is 125 cm³/mol. The summed E-state index contributed by atoms with van der Waals surface area (Å²) in [6.45, 7) is 3.43. The highest BCUT2D eigenvalue weighted by Crippen LogP contribution is 2.44. The number of rotatable bonds is 4. The van der Waals surface area contributed by atoms with Crippen LogP contribution in [-0.4, -0.2) is 44.6 Å². The van der Waals surface area contributed by atoms with Gasteiger partial charge < -0.3 is 9.80 Å². The number of aromatic nitrogens is 5. The molecule has 7 nitrogen and oxygen atoms in total. The van der Waals surface area contributed by atoms with E-state index < -0.39 is 11.6 Å². The van der Waals surface area contributed by atoms with E-state index >= 15 is 0 Å². The molecule has 2 aliphatic heterocycles. The summed E-state index contributed by atoms with van der Waals surface area (Å²) in [5, 5.41) is 13.1. The number of fused-ring (bicyclic) bond motifs is 3. The number of hydrogen-bond acceptors (Lipinski definition) is 6. The minimum atomic E-state index is -0.845. The molecule has 1 aliphatic carbocycles. The average molecular weight is 486 g/mol. The summed E-state index contributed by atoms with van der Waals surface area (Å²) >= 11 is 6.06. The van der Waals surface area contributed by atoms with Gasteiger partial charge in [0.1, 0.15) is 0 Å². The highest BCUT2D eigenvalue weighted by atomic mass is 35.5. The van der Waals surface area contributed by atoms with Crippen LogP contribution >= 0.6 is 11.6 Å². The van der Waals surface area contributed by atoms with E-state index in [1.165, 1.54) is 25.0 Å². The van der Waals surface area contributed by atoms with Gasteiger partial charge in [0, 0.05) is 50.4 Å². The number of benzene rings is 1. The lowest BCUT2D eigenvalue weighted by atomic mass is 9.82. The Kier molecular flexibility index (Phi) is 5.59. The van der Waals surface area contributed by atoms with Crippen LogP contribution in [0.15, 0.2) is 30.5 Å². The van der Waals surface area contributed by atoms with E-state index in [0.717, 1.165) is 56.4 Å². The number of anilines is 3. The fourth-order valence-corrected chi connectivity index (χ4v) is 6.09. The molecule has 2 bridgehead atoms. The molecule has 1 unspecified atom stereocenters. The minimum Gasteiger partial charge on any atom is -0.370 e. The molecular formula is C24H26ClF2N7. The van der Waals surface area contributed by atoms with Crippen LogP contribution in [0.3, 0.4) is 0 Å². The summed E-state index contributed by atoms with van der Waals surface area (Å²) in [7, 11) is 0. The van der Waals surface area contributed by atoms with Crippen LogP contribution in [0.4, 0.5) is 26.1 Å². The van der Waals surface area contributed by atoms with Crippen LogP contribution in [0.1, 0.15) is 31.5 Å². The summed E-state index contributed by atoms with van der Waals surface area (Å²) < 4.78 is 29.4. The maximum Gasteiger partial charge on any atom is 0.228 e. The molecule has 2 aromatic heterocycles.